The lowest BCUT2D eigenvalue weighted by atomic mass is 10.1. The summed E-state index contributed by atoms with van der Waals surface area (Å²) in [6.07, 6.45) is 0.475. The Kier molecular flexibility index (Phi) is 3.87. The average molecular weight is 267 g/mol. The van der Waals surface area contributed by atoms with Gasteiger partial charge in [-0.3, -0.25) is 9.59 Å². The van der Waals surface area contributed by atoms with Crippen molar-refractivity contribution in [2.24, 2.45) is 5.92 Å². The number of carbonyl (C=O) groups excluding carboxylic acids is 2. The molecule has 0 bridgehead atoms. The number of halogens is 1. The number of nitrogens with zero attached hydrogens (tertiary/aromatic N) is 1. The van der Waals surface area contributed by atoms with E-state index in [1.54, 1.807) is 17.0 Å². The lowest BCUT2D eigenvalue weighted by molar-refractivity contribution is -0.120. The third-order valence-electron chi connectivity index (χ3n) is 2.98. The van der Waals surface area contributed by atoms with E-state index in [1.165, 1.54) is 6.92 Å². The Morgan fingerprint density at radius 3 is 2.72 bits per heavy atom. The fourth-order valence-corrected chi connectivity index (χ4v) is 2.20. The van der Waals surface area contributed by atoms with E-state index in [4.69, 9.17) is 11.6 Å². The number of hydrogen-bond donors (Lipinski definition) is 1. The summed E-state index contributed by atoms with van der Waals surface area (Å²) < 4.78 is 0. The molecule has 4 nitrogen and oxygen atoms in total. The van der Waals surface area contributed by atoms with Crippen LogP contribution in [0.25, 0.3) is 0 Å². The molecule has 2 amide bonds. The Labute approximate surface area is 111 Å². The summed E-state index contributed by atoms with van der Waals surface area (Å²) in [5.41, 5.74) is 0.856. The first kappa shape index (κ1) is 12.9. The van der Waals surface area contributed by atoms with E-state index in [-0.39, 0.29) is 17.7 Å². The molecule has 1 heterocycles. The molecule has 0 radical (unpaired) electrons. The minimum Gasteiger partial charge on any atom is -0.356 e. The maximum absolute atomic E-state index is 11.9. The second-order valence-electron chi connectivity index (χ2n) is 4.49. The minimum absolute atomic E-state index is 0.0626. The molecule has 1 aromatic rings. The van der Waals surface area contributed by atoms with Gasteiger partial charge in [0.05, 0.1) is 0 Å². The molecule has 0 spiro atoms. The van der Waals surface area contributed by atoms with Gasteiger partial charge in [0.25, 0.3) is 0 Å². The molecule has 0 aliphatic carbocycles. The highest BCUT2D eigenvalue weighted by Crippen LogP contribution is 2.25. The summed E-state index contributed by atoms with van der Waals surface area (Å²) in [5, 5.41) is 3.40. The monoisotopic (exact) mass is 266 g/mol. The van der Waals surface area contributed by atoms with E-state index in [0.29, 0.717) is 24.5 Å². The van der Waals surface area contributed by atoms with E-state index >= 15 is 0 Å². The van der Waals surface area contributed by atoms with Crippen LogP contribution < -0.4 is 10.2 Å². The molecule has 2 rings (SSSR count). The van der Waals surface area contributed by atoms with Crippen LogP contribution in [0.2, 0.25) is 5.02 Å². The molecule has 0 saturated carbocycles. The molecule has 1 aliphatic heterocycles. The molecular weight excluding hydrogens is 252 g/mol. The van der Waals surface area contributed by atoms with E-state index in [2.05, 4.69) is 5.32 Å². The number of amides is 2. The van der Waals surface area contributed by atoms with Crippen LogP contribution in [-0.2, 0) is 9.59 Å². The van der Waals surface area contributed by atoms with Crippen molar-refractivity contribution >= 4 is 29.1 Å². The van der Waals surface area contributed by atoms with Crippen molar-refractivity contribution in [2.45, 2.75) is 13.3 Å². The summed E-state index contributed by atoms with van der Waals surface area (Å²) in [4.78, 5) is 24.5. The number of nitrogens with one attached hydrogen (secondary N) is 1. The summed E-state index contributed by atoms with van der Waals surface area (Å²) in [6, 6.07) is 7.21. The molecule has 96 valence electrons. The van der Waals surface area contributed by atoms with Crippen LogP contribution in [0.15, 0.2) is 24.3 Å². The molecule has 1 fully saturated rings. The SMILES string of the molecule is CC(=O)NC[C@H]1CC(=O)N(c2ccc(Cl)cc2)C1. The summed E-state index contributed by atoms with van der Waals surface area (Å²) in [5.74, 6) is 0.206. The highest BCUT2D eigenvalue weighted by molar-refractivity contribution is 6.30. The summed E-state index contributed by atoms with van der Waals surface area (Å²) in [6.45, 7) is 2.67. The van der Waals surface area contributed by atoms with Gasteiger partial charge in [0.2, 0.25) is 11.8 Å². The number of benzene rings is 1. The fraction of sp³-hybridized carbons (Fsp3) is 0.385. The molecule has 1 N–H and O–H groups in total. The standard InChI is InChI=1S/C13H15ClN2O2/c1-9(17)15-7-10-6-13(18)16(8-10)12-4-2-11(14)3-5-12/h2-5,10H,6-8H2,1H3,(H,15,17)/t10-/m1/s1. The van der Waals surface area contributed by atoms with E-state index in [9.17, 15) is 9.59 Å². The van der Waals surface area contributed by atoms with Gasteiger partial charge in [-0.05, 0) is 24.3 Å². The Balaban J connectivity index is 2.00. The molecule has 1 saturated heterocycles. The maximum atomic E-state index is 11.9. The van der Waals surface area contributed by atoms with Crippen molar-refractivity contribution in [1.82, 2.24) is 5.32 Å². The lowest BCUT2D eigenvalue weighted by Crippen LogP contribution is -2.29. The van der Waals surface area contributed by atoms with Gasteiger partial charge in [-0.25, -0.2) is 0 Å². The Hall–Kier alpha value is -1.55. The van der Waals surface area contributed by atoms with Gasteiger partial charge in [0.15, 0.2) is 0 Å². The minimum atomic E-state index is -0.0626. The highest BCUT2D eigenvalue weighted by atomic mass is 35.5. The van der Waals surface area contributed by atoms with Gasteiger partial charge in [0.1, 0.15) is 0 Å². The van der Waals surface area contributed by atoms with Gasteiger partial charge in [0, 0.05) is 43.1 Å². The van der Waals surface area contributed by atoms with Crippen molar-refractivity contribution in [1.29, 1.82) is 0 Å². The molecule has 1 atom stereocenters. The molecule has 18 heavy (non-hydrogen) atoms. The fourth-order valence-electron chi connectivity index (χ4n) is 2.08. The predicted octanol–water partition coefficient (Wildman–Crippen LogP) is 1.83. The zero-order valence-electron chi connectivity index (χ0n) is 10.1. The number of rotatable bonds is 3. The van der Waals surface area contributed by atoms with Crippen molar-refractivity contribution < 1.29 is 9.59 Å². The van der Waals surface area contributed by atoms with E-state index < -0.39 is 0 Å². The third kappa shape index (κ3) is 3.01. The van der Waals surface area contributed by atoms with E-state index in [1.807, 2.05) is 12.1 Å². The van der Waals surface area contributed by atoms with E-state index in [0.717, 1.165) is 5.69 Å². The van der Waals surface area contributed by atoms with Gasteiger partial charge in [-0.2, -0.15) is 0 Å². The zero-order chi connectivity index (χ0) is 13.1. The second-order valence-corrected chi connectivity index (χ2v) is 4.92. The topological polar surface area (TPSA) is 49.4 Å². The van der Waals surface area contributed by atoms with Crippen LogP contribution in [0.1, 0.15) is 13.3 Å². The molecule has 1 aromatic carbocycles. The number of carbonyl (C=O) groups is 2. The van der Waals surface area contributed by atoms with Gasteiger partial charge in [-0.15, -0.1) is 0 Å². The smallest absolute Gasteiger partial charge is 0.227 e. The normalized spacial score (nSPS) is 19.1. The molecular formula is C13H15ClN2O2. The van der Waals surface area contributed by atoms with Crippen LogP contribution in [0.3, 0.4) is 0 Å². The average Bonchev–Trinajstić information content (AvgIpc) is 2.69. The van der Waals surface area contributed by atoms with Crippen molar-refractivity contribution in [3.05, 3.63) is 29.3 Å². The first-order valence-corrected chi connectivity index (χ1v) is 6.24. The number of hydrogen-bond acceptors (Lipinski definition) is 2. The first-order valence-electron chi connectivity index (χ1n) is 5.86. The van der Waals surface area contributed by atoms with Gasteiger partial charge < -0.3 is 10.2 Å². The van der Waals surface area contributed by atoms with Crippen LogP contribution in [0, 0.1) is 5.92 Å². The first-order chi connectivity index (χ1) is 8.56. The summed E-state index contributed by atoms with van der Waals surface area (Å²) >= 11 is 5.82. The Morgan fingerprint density at radius 1 is 1.44 bits per heavy atom. The lowest BCUT2D eigenvalue weighted by Gasteiger charge is -2.16. The Morgan fingerprint density at radius 2 is 2.11 bits per heavy atom. The zero-order valence-corrected chi connectivity index (χ0v) is 10.9. The molecule has 1 aliphatic rings. The quantitative estimate of drug-likeness (QED) is 0.907. The van der Waals surface area contributed by atoms with Gasteiger partial charge >= 0.3 is 0 Å². The van der Waals surface area contributed by atoms with Crippen LogP contribution in [0.4, 0.5) is 5.69 Å². The van der Waals surface area contributed by atoms with Crippen LogP contribution in [-0.4, -0.2) is 24.9 Å². The van der Waals surface area contributed by atoms with Crippen LogP contribution in [0.5, 0.6) is 0 Å². The summed E-state index contributed by atoms with van der Waals surface area (Å²) in [7, 11) is 0. The number of anilines is 1. The largest absolute Gasteiger partial charge is 0.356 e. The predicted molar refractivity (Wildman–Crippen MR) is 70.6 cm³/mol. The van der Waals surface area contributed by atoms with Crippen LogP contribution >= 0.6 is 11.6 Å². The molecule has 0 unspecified atom stereocenters. The molecule has 0 aromatic heterocycles. The van der Waals surface area contributed by atoms with Crippen molar-refractivity contribution in [3.8, 4) is 0 Å². The maximum Gasteiger partial charge on any atom is 0.227 e. The second kappa shape index (κ2) is 5.40. The van der Waals surface area contributed by atoms with Gasteiger partial charge in [-0.1, -0.05) is 11.6 Å². The van der Waals surface area contributed by atoms with Crippen molar-refractivity contribution in [3.63, 3.8) is 0 Å². The highest BCUT2D eigenvalue weighted by Gasteiger charge is 2.30. The molecule has 5 heteroatoms. The third-order valence-corrected chi connectivity index (χ3v) is 3.24. The Bertz CT molecular complexity index is 459. The van der Waals surface area contributed by atoms with Crippen molar-refractivity contribution in [2.75, 3.05) is 18.0 Å².